The molecular weight excluding hydrogens is 436 g/mol. The Labute approximate surface area is 218 Å². The quantitative estimate of drug-likeness (QED) is 0.146. The highest BCUT2D eigenvalue weighted by molar-refractivity contribution is 5.74. The molecular formula is C31H60O4. The van der Waals surface area contributed by atoms with Crippen molar-refractivity contribution in [3.05, 3.63) is 0 Å². The molecule has 0 aliphatic rings. The van der Waals surface area contributed by atoms with Gasteiger partial charge in [0.2, 0.25) is 0 Å². The Morgan fingerprint density at radius 1 is 0.486 bits per heavy atom. The molecule has 0 aromatic rings. The van der Waals surface area contributed by atoms with E-state index in [9.17, 15) is 14.7 Å². The van der Waals surface area contributed by atoms with Crippen LogP contribution >= 0.6 is 0 Å². The number of rotatable bonds is 22. The lowest BCUT2D eigenvalue weighted by Gasteiger charge is -2.39. The minimum absolute atomic E-state index is 0.0208. The number of aliphatic carboxylic acids is 2. The number of hydrogen-bond acceptors (Lipinski definition) is 2. The smallest absolute Gasteiger partial charge is 0.309 e. The van der Waals surface area contributed by atoms with Gasteiger partial charge in [0.1, 0.15) is 0 Å². The molecule has 0 spiro atoms. The Morgan fingerprint density at radius 2 is 0.771 bits per heavy atom. The van der Waals surface area contributed by atoms with Crippen molar-refractivity contribution < 1.29 is 19.8 Å². The first kappa shape index (κ1) is 33.9. The number of hydrogen-bond donors (Lipinski definition) is 2. The summed E-state index contributed by atoms with van der Waals surface area (Å²) in [4.78, 5) is 22.9. The summed E-state index contributed by atoms with van der Waals surface area (Å²) in [6.45, 7) is 13.0. The van der Waals surface area contributed by atoms with Crippen molar-refractivity contribution in [1.82, 2.24) is 0 Å². The van der Waals surface area contributed by atoms with Gasteiger partial charge in [0, 0.05) is 6.42 Å². The molecule has 0 aliphatic heterocycles. The summed E-state index contributed by atoms with van der Waals surface area (Å²) in [6.07, 6.45) is 22.2. The van der Waals surface area contributed by atoms with E-state index < -0.39 is 17.4 Å². The highest BCUT2D eigenvalue weighted by Crippen LogP contribution is 2.46. The van der Waals surface area contributed by atoms with Crippen molar-refractivity contribution >= 4 is 11.9 Å². The molecule has 0 heterocycles. The first-order chi connectivity index (χ1) is 16.3. The van der Waals surface area contributed by atoms with E-state index in [1.165, 1.54) is 77.0 Å². The highest BCUT2D eigenvalue weighted by Gasteiger charge is 2.43. The van der Waals surface area contributed by atoms with Crippen molar-refractivity contribution in [3.63, 3.8) is 0 Å². The van der Waals surface area contributed by atoms with Gasteiger partial charge in [0.15, 0.2) is 0 Å². The molecule has 0 saturated heterocycles. The summed E-state index contributed by atoms with van der Waals surface area (Å²) in [6, 6.07) is 0. The predicted molar refractivity (Wildman–Crippen MR) is 149 cm³/mol. The number of unbranched alkanes of at least 4 members (excludes halogenated alkanes) is 15. The molecule has 208 valence electrons. The van der Waals surface area contributed by atoms with Crippen molar-refractivity contribution in [1.29, 1.82) is 0 Å². The molecule has 0 unspecified atom stereocenters. The molecule has 0 rings (SSSR count). The SMILES string of the molecule is CC(C)(C)CC(CCCCCCCCCCCCCCCCCCC(=O)O)(CC(C)(C)C)C(=O)O. The molecule has 0 aromatic heterocycles. The van der Waals surface area contributed by atoms with Crippen LogP contribution in [0.25, 0.3) is 0 Å². The van der Waals surface area contributed by atoms with E-state index in [4.69, 9.17) is 5.11 Å². The second-order valence-corrected chi connectivity index (χ2v) is 13.6. The summed E-state index contributed by atoms with van der Waals surface area (Å²) in [5.41, 5.74) is -0.559. The maximum atomic E-state index is 12.4. The Kier molecular flexibility index (Phi) is 17.7. The molecule has 0 atom stereocenters. The second kappa shape index (κ2) is 18.2. The first-order valence-electron chi connectivity index (χ1n) is 14.7. The maximum absolute atomic E-state index is 12.4. The molecule has 4 nitrogen and oxygen atoms in total. The van der Waals surface area contributed by atoms with Crippen LogP contribution in [0.1, 0.15) is 170 Å². The zero-order chi connectivity index (χ0) is 26.8. The molecule has 0 radical (unpaired) electrons. The molecule has 0 saturated carbocycles. The van der Waals surface area contributed by atoms with Crippen LogP contribution in [0.4, 0.5) is 0 Å². The summed E-state index contributed by atoms with van der Waals surface area (Å²) >= 11 is 0. The fourth-order valence-electron chi connectivity index (χ4n) is 5.74. The van der Waals surface area contributed by atoms with Gasteiger partial charge < -0.3 is 10.2 Å². The van der Waals surface area contributed by atoms with Gasteiger partial charge in [-0.2, -0.15) is 0 Å². The standard InChI is InChI=1S/C31H60O4/c1-29(2,3)25-31(28(34)35,26-30(4,5)6)24-22-20-18-16-14-12-10-8-7-9-11-13-15-17-19-21-23-27(32)33/h7-26H2,1-6H3,(H,32,33)(H,34,35). The zero-order valence-corrected chi connectivity index (χ0v) is 24.4. The van der Waals surface area contributed by atoms with Gasteiger partial charge >= 0.3 is 11.9 Å². The molecule has 0 aliphatic carbocycles. The Balaban J connectivity index is 3.83. The second-order valence-electron chi connectivity index (χ2n) is 13.6. The fraction of sp³-hybridized carbons (Fsp3) is 0.935. The van der Waals surface area contributed by atoms with Gasteiger partial charge in [-0.15, -0.1) is 0 Å². The van der Waals surface area contributed by atoms with Crippen LogP contribution in [0, 0.1) is 16.2 Å². The van der Waals surface area contributed by atoms with Crippen LogP contribution < -0.4 is 0 Å². The van der Waals surface area contributed by atoms with E-state index in [1.54, 1.807) is 0 Å². The largest absolute Gasteiger partial charge is 0.481 e. The molecule has 35 heavy (non-hydrogen) atoms. The fourth-order valence-corrected chi connectivity index (χ4v) is 5.74. The summed E-state index contributed by atoms with van der Waals surface area (Å²) in [5, 5.41) is 18.8. The van der Waals surface area contributed by atoms with Crippen LogP contribution in [-0.2, 0) is 9.59 Å². The van der Waals surface area contributed by atoms with Crippen LogP contribution in [0.5, 0.6) is 0 Å². The maximum Gasteiger partial charge on any atom is 0.309 e. The third-order valence-corrected chi connectivity index (χ3v) is 6.99. The minimum Gasteiger partial charge on any atom is -0.481 e. The van der Waals surface area contributed by atoms with Gasteiger partial charge in [-0.1, -0.05) is 138 Å². The number of carboxylic acid groups (broad SMARTS) is 2. The van der Waals surface area contributed by atoms with Crippen LogP contribution in [0.2, 0.25) is 0 Å². The molecule has 0 amide bonds. The van der Waals surface area contributed by atoms with E-state index in [2.05, 4.69) is 41.5 Å². The summed E-state index contributed by atoms with van der Waals surface area (Å²) in [7, 11) is 0. The molecule has 0 fully saturated rings. The van der Waals surface area contributed by atoms with E-state index in [0.29, 0.717) is 6.42 Å². The first-order valence-corrected chi connectivity index (χ1v) is 14.7. The van der Waals surface area contributed by atoms with Gasteiger partial charge in [-0.3, -0.25) is 9.59 Å². The van der Waals surface area contributed by atoms with Crippen molar-refractivity contribution in [2.24, 2.45) is 16.2 Å². The van der Waals surface area contributed by atoms with Crippen LogP contribution in [-0.4, -0.2) is 22.2 Å². The van der Waals surface area contributed by atoms with Crippen molar-refractivity contribution in [3.8, 4) is 0 Å². The van der Waals surface area contributed by atoms with Crippen LogP contribution in [0.3, 0.4) is 0 Å². The lowest BCUT2D eigenvalue weighted by molar-refractivity contribution is -0.154. The third kappa shape index (κ3) is 20.8. The van der Waals surface area contributed by atoms with E-state index in [-0.39, 0.29) is 10.8 Å². The van der Waals surface area contributed by atoms with Gasteiger partial charge in [0.05, 0.1) is 5.41 Å². The monoisotopic (exact) mass is 496 g/mol. The van der Waals surface area contributed by atoms with E-state index in [1.807, 2.05) is 0 Å². The summed E-state index contributed by atoms with van der Waals surface area (Å²) < 4.78 is 0. The normalized spacial score (nSPS) is 12.7. The molecule has 0 bridgehead atoms. The van der Waals surface area contributed by atoms with Crippen molar-refractivity contribution in [2.75, 3.05) is 0 Å². The minimum atomic E-state index is -0.671. The van der Waals surface area contributed by atoms with E-state index >= 15 is 0 Å². The lowest BCUT2D eigenvalue weighted by Crippen LogP contribution is -2.38. The Bertz CT molecular complexity index is 537. The van der Waals surface area contributed by atoms with Gasteiger partial charge in [-0.05, 0) is 36.5 Å². The number of carbonyl (C=O) groups is 2. The molecule has 0 aromatic carbocycles. The highest BCUT2D eigenvalue weighted by atomic mass is 16.4. The van der Waals surface area contributed by atoms with Crippen molar-refractivity contribution in [2.45, 2.75) is 170 Å². The molecule has 2 N–H and O–H groups in total. The Hall–Kier alpha value is -1.06. The van der Waals surface area contributed by atoms with Gasteiger partial charge in [0.25, 0.3) is 0 Å². The topological polar surface area (TPSA) is 74.6 Å². The number of carboxylic acids is 2. The van der Waals surface area contributed by atoms with E-state index in [0.717, 1.165) is 44.9 Å². The third-order valence-electron chi connectivity index (χ3n) is 6.99. The van der Waals surface area contributed by atoms with Gasteiger partial charge in [-0.25, -0.2) is 0 Å². The average Bonchev–Trinajstić information content (AvgIpc) is 2.70. The average molecular weight is 497 g/mol. The Morgan fingerprint density at radius 3 is 1.03 bits per heavy atom. The molecule has 4 heteroatoms. The summed E-state index contributed by atoms with van der Waals surface area (Å²) in [5.74, 6) is -1.27. The van der Waals surface area contributed by atoms with Crippen LogP contribution in [0.15, 0.2) is 0 Å². The predicted octanol–water partition coefficient (Wildman–Crippen LogP) is 10.0. The zero-order valence-electron chi connectivity index (χ0n) is 24.4. The lowest BCUT2D eigenvalue weighted by atomic mass is 9.64.